The third-order valence-corrected chi connectivity index (χ3v) is 1.23. The van der Waals surface area contributed by atoms with Crippen LogP contribution in [-0.2, 0) is 0 Å². The van der Waals surface area contributed by atoms with Gasteiger partial charge in [-0.2, -0.15) is 4.98 Å². The van der Waals surface area contributed by atoms with Gasteiger partial charge in [-0.25, -0.2) is 9.78 Å². The van der Waals surface area contributed by atoms with E-state index in [0.29, 0.717) is 4.60 Å². The van der Waals surface area contributed by atoms with Crippen LogP contribution in [0.4, 0.5) is 4.79 Å². The minimum absolute atomic E-state index is 0.0631. The number of carbonyl (C=O) groups excluding carboxylic acids is 1. The van der Waals surface area contributed by atoms with E-state index in [1.54, 1.807) is 6.07 Å². The fourth-order valence-electron chi connectivity index (χ4n) is 0.459. The van der Waals surface area contributed by atoms with Crippen molar-refractivity contribution in [3.8, 4) is 6.01 Å². The lowest BCUT2D eigenvalue weighted by atomic mass is 10.7. The number of rotatable bonds is 1. The molecule has 58 valence electrons. The Morgan fingerprint density at radius 1 is 1.73 bits per heavy atom. The molecule has 0 radical (unpaired) electrons. The SMILES string of the molecule is NC(=O)Oc1nccc(Br)n1. The molecule has 1 aromatic rings. The minimum Gasteiger partial charge on any atom is -0.374 e. The molecule has 6 heteroatoms. The monoisotopic (exact) mass is 217 g/mol. The summed E-state index contributed by atoms with van der Waals surface area (Å²) in [5.41, 5.74) is 4.72. The third-order valence-electron chi connectivity index (χ3n) is 0.791. The highest BCUT2D eigenvalue weighted by Crippen LogP contribution is 2.07. The summed E-state index contributed by atoms with van der Waals surface area (Å²) in [6.45, 7) is 0. The van der Waals surface area contributed by atoms with Gasteiger partial charge in [0.1, 0.15) is 4.60 Å². The lowest BCUT2D eigenvalue weighted by molar-refractivity contribution is 0.207. The van der Waals surface area contributed by atoms with E-state index in [4.69, 9.17) is 5.73 Å². The molecule has 1 heterocycles. The molecule has 5 nitrogen and oxygen atoms in total. The van der Waals surface area contributed by atoms with Crippen molar-refractivity contribution in [3.05, 3.63) is 16.9 Å². The van der Waals surface area contributed by atoms with E-state index in [0.717, 1.165) is 0 Å². The molecule has 2 N–H and O–H groups in total. The number of hydrogen-bond donors (Lipinski definition) is 1. The third kappa shape index (κ3) is 2.50. The maximum absolute atomic E-state index is 10.2. The molecule has 1 amide bonds. The number of nitrogens with zero attached hydrogens (tertiary/aromatic N) is 2. The lowest BCUT2D eigenvalue weighted by Crippen LogP contribution is -2.17. The maximum Gasteiger partial charge on any atom is 0.412 e. The zero-order valence-corrected chi connectivity index (χ0v) is 6.91. The van der Waals surface area contributed by atoms with Crippen LogP contribution in [0.3, 0.4) is 0 Å². The van der Waals surface area contributed by atoms with Gasteiger partial charge < -0.3 is 10.5 Å². The van der Waals surface area contributed by atoms with Gasteiger partial charge in [0.25, 0.3) is 0 Å². The van der Waals surface area contributed by atoms with E-state index in [9.17, 15) is 4.79 Å². The fourth-order valence-corrected chi connectivity index (χ4v) is 0.729. The van der Waals surface area contributed by atoms with Gasteiger partial charge >= 0.3 is 12.1 Å². The summed E-state index contributed by atoms with van der Waals surface area (Å²) >= 11 is 3.07. The zero-order chi connectivity index (χ0) is 8.27. The van der Waals surface area contributed by atoms with Gasteiger partial charge in [-0.1, -0.05) is 0 Å². The number of halogens is 1. The normalized spacial score (nSPS) is 9.18. The molecule has 0 fully saturated rings. The van der Waals surface area contributed by atoms with Crippen LogP contribution in [-0.4, -0.2) is 16.1 Å². The first kappa shape index (κ1) is 7.93. The smallest absolute Gasteiger partial charge is 0.374 e. The molecular weight excluding hydrogens is 214 g/mol. The average Bonchev–Trinajstić information content (AvgIpc) is 1.85. The fraction of sp³-hybridized carbons (Fsp3) is 0. The van der Waals surface area contributed by atoms with E-state index in [1.165, 1.54) is 6.20 Å². The Hall–Kier alpha value is -1.17. The molecule has 0 aliphatic heterocycles. The summed E-state index contributed by atoms with van der Waals surface area (Å²) in [6, 6.07) is 1.54. The Bertz CT molecular complexity index is 278. The van der Waals surface area contributed by atoms with Crippen LogP contribution < -0.4 is 10.5 Å². The summed E-state index contributed by atoms with van der Waals surface area (Å²) in [5, 5.41) is 0. The molecule has 11 heavy (non-hydrogen) atoms. The maximum atomic E-state index is 10.2. The lowest BCUT2D eigenvalue weighted by Gasteiger charge is -1.96. The van der Waals surface area contributed by atoms with Crippen LogP contribution >= 0.6 is 15.9 Å². The highest BCUT2D eigenvalue weighted by atomic mass is 79.9. The summed E-state index contributed by atoms with van der Waals surface area (Å²) in [7, 11) is 0. The van der Waals surface area contributed by atoms with E-state index < -0.39 is 6.09 Å². The number of amides is 1. The van der Waals surface area contributed by atoms with Crippen LogP contribution in [0.15, 0.2) is 16.9 Å². The molecule has 0 spiro atoms. The molecule has 0 aliphatic rings. The van der Waals surface area contributed by atoms with Gasteiger partial charge in [0.05, 0.1) is 0 Å². The van der Waals surface area contributed by atoms with Crippen molar-refractivity contribution in [1.82, 2.24) is 9.97 Å². The van der Waals surface area contributed by atoms with E-state index in [-0.39, 0.29) is 6.01 Å². The van der Waals surface area contributed by atoms with Crippen molar-refractivity contribution in [2.75, 3.05) is 0 Å². The van der Waals surface area contributed by atoms with Crippen LogP contribution in [0.25, 0.3) is 0 Å². The second-order valence-corrected chi connectivity index (χ2v) is 2.40. The van der Waals surface area contributed by atoms with Crippen molar-refractivity contribution >= 4 is 22.0 Å². The first-order valence-electron chi connectivity index (χ1n) is 2.64. The number of nitrogens with two attached hydrogens (primary N) is 1. The molecule has 0 aromatic carbocycles. The van der Waals surface area contributed by atoms with Crippen LogP contribution in [0, 0.1) is 0 Å². The highest BCUT2D eigenvalue weighted by Gasteiger charge is 2.00. The van der Waals surface area contributed by atoms with Crippen molar-refractivity contribution in [2.24, 2.45) is 5.73 Å². The first-order chi connectivity index (χ1) is 5.18. The summed E-state index contributed by atoms with van der Waals surface area (Å²) in [5.74, 6) is 0. The molecule has 1 aromatic heterocycles. The van der Waals surface area contributed by atoms with Crippen LogP contribution in [0.2, 0.25) is 0 Å². The van der Waals surface area contributed by atoms with E-state index in [1.807, 2.05) is 0 Å². The summed E-state index contributed by atoms with van der Waals surface area (Å²) in [4.78, 5) is 17.5. The number of hydrogen-bond acceptors (Lipinski definition) is 4. The molecular formula is C5H4BrN3O2. The van der Waals surface area contributed by atoms with Gasteiger partial charge in [-0.3, -0.25) is 0 Å². The quantitative estimate of drug-likeness (QED) is 0.703. The van der Waals surface area contributed by atoms with Gasteiger partial charge in [-0.05, 0) is 22.0 Å². The van der Waals surface area contributed by atoms with Crippen LogP contribution in [0.5, 0.6) is 6.01 Å². The topological polar surface area (TPSA) is 78.1 Å². The van der Waals surface area contributed by atoms with Gasteiger partial charge in [0.15, 0.2) is 0 Å². The Kier molecular flexibility index (Phi) is 2.37. The van der Waals surface area contributed by atoms with Crippen molar-refractivity contribution < 1.29 is 9.53 Å². The Labute approximate surface area is 70.7 Å². The van der Waals surface area contributed by atoms with E-state index >= 15 is 0 Å². The Morgan fingerprint density at radius 2 is 2.45 bits per heavy atom. The number of ether oxygens (including phenoxy) is 1. The second kappa shape index (κ2) is 3.29. The van der Waals surface area contributed by atoms with Crippen molar-refractivity contribution in [2.45, 2.75) is 0 Å². The van der Waals surface area contributed by atoms with Gasteiger partial charge in [0.2, 0.25) is 0 Å². The molecule has 0 unspecified atom stereocenters. The summed E-state index contributed by atoms with van der Waals surface area (Å²) in [6.07, 6.45) is 0.512. The number of primary amides is 1. The Balaban J connectivity index is 2.79. The summed E-state index contributed by atoms with van der Waals surface area (Å²) < 4.78 is 4.91. The largest absolute Gasteiger partial charge is 0.412 e. The van der Waals surface area contributed by atoms with Gasteiger partial charge in [-0.15, -0.1) is 0 Å². The predicted octanol–water partition coefficient (Wildman–Crippen LogP) is 0.697. The molecule has 0 atom stereocenters. The second-order valence-electron chi connectivity index (χ2n) is 1.58. The number of carbonyl (C=O) groups is 1. The molecule has 0 saturated carbocycles. The predicted molar refractivity (Wildman–Crippen MR) is 39.9 cm³/mol. The number of aromatic nitrogens is 2. The highest BCUT2D eigenvalue weighted by molar-refractivity contribution is 9.10. The zero-order valence-electron chi connectivity index (χ0n) is 5.32. The Morgan fingerprint density at radius 3 is 3.00 bits per heavy atom. The first-order valence-corrected chi connectivity index (χ1v) is 3.43. The van der Waals surface area contributed by atoms with Crippen LogP contribution in [0.1, 0.15) is 0 Å². The van der Waals surface area contributed by atoms with E-state index in [2.05, 4.69) is 30.6 Å². The van der Waals surface area contributed by atoms with Crippen molar-refractivity contribution in [3.63, 3.8) is 0 Å². The van der Waals surface area contributed by atoms with Crippen molar-refractivity contribution in [1.29, 1.82) is 0 Å². The average molecular weight is 218 g/mol. The molecule has 1 rings (SSSR count). The molecule has 0 saturated heterocycles. The minimum atomic E-state index is -0.928. The molecule has 0 bridgehead atoms. The van der Waals surface area contributed by atoms with Gasteiger partial charge in [0, 0.05) is 6.20 Å². The molecule has 0 aliphatic carbocycles. The standard InChI is InChI=1S/C5H4BrN3O2/c6-3-1-2-8-5(9-3)11-4(7)10/h1-2H,(H2,7,10).